The number of nitrogens with zero attached hydrogens (tertiary/aromatic N) is 2. The molecule has 0 saturated carbocycles. The van der Waals surface area contributed by atoms with E-state index in [1.54, 1.807) is 0 Å². The van der Waals surface area contributed by atoms with E-state index in [-0.39, 0.29) is 6.09 Å². The van der Waals surface area contributed by atoms with Crippen LogP contribution in [-0.2, 0) is 16.1 Å². The first-order valence-corrected chi connectivity index (χ1v) is 8.70. The molecule has 130 valence electrons. The fourth-order valence-electron chi connectivity index (χ4n) is 2.97. The van der Waals surface area contributed by atoms with Crippen molar-refractivity contribution in [2.45, 2.75) is 38.7 Å². The lowest BCUT2D eigenvalue weighted by Gasteiger charge is -2.32. The summed E-state index contributed by atoms with van der Waals surface area (Å²) in [5.74, 6) is 0.516. The van der Waals surface area contributed by atoms with E-state index >= 15 is 0 Å². The molecule has 1 heterocycles. The molecule has 0 radical (unpaired) electrons. The third kappa shape index (κ3) is 6.59. The summed E-state index contributed by atoms with van der Waals surface area (Å²) in [6.07, 6.45) is 4.44. The van der Waals surface area contributed by atoms with Crippen molar-refractivity contribution >= 4 is 6.09 Å². The van der Waals surface area contributed by atoms with E-state index in [0.717, 1.165) is 44.3 Å². The zero-order valence-electron chi connectivity index (χ0n) is 14.2. The molecule has 0 aromatic heterocycles. The van der Waals surface area contributed by atoms with E-state index in [9.17, 15) is 4.79 Å². The van der Waals surface area contributed by atoms with Gasteiger partial charge in [0.2, 0.25) is 0 Å². The number of nitriles is 1. The van der Waals surface area contributed by atoms with Gasteiger partial charge in [-0.05, 0) is 37.2 Å². The fourth-order valence-corrected chi connectivity index (χ4v) is 2.97. The normalized spacial score (nSPS) is 17.3. The molecular formula is C19H26N2O3. The Morgan fingerprint density at radius 3 is 2.92 bits per heavy atom. The molecule has 1 fully saturated rings. The summed E-state index contributed by atoms with van der Waals surface area (Å²) >= 11 is 0. The number of hydrogen-bond donors (Lipinski definition) is 0. The molecule has 1 aliphatic rings. The Hall–Kier alpha value is -2.06. The molecule has 1 unspecified atom stereocenters. The minimum atomic E-state index is -0.214. The third-order valence-corrected chi connectivity index (χ3v) is 4.24. The molecule has 5 heteroatoms. The summed E-state index contributed by atoms with van der Waals surface area (Å²) in [6, 6.07) is 11.8. The van der Waals surface area contributed by atoms with Gasteiger partial charge in [0, 0.05) is 19.7 Å². The van der Waals surface area contributed by atoms with E-state index in [2.05, 4.69) is 6.07 Å². The van der Waals surface area contributed by atoms with Crippen molar-refractivity contribution in [3.63, 3.8) is 0 Å². The molecule has 1 atom stereocenters. The molecule has 0 N–H and O–H groups in total. The molecule has 2 rings (SSSR count). The second-order valence-corrected chi connectivity index (χ2v) is 6.16. The lowest BCUT2D eigenvalue weighted by Crippen LogP contribution is -2.40. The fraction of sp³-hybridized carbons (Fsp3) is 0.579. The second-order valence-electron chi connectivity index (χ2n) is 6.16. The van der Waals surface area contributed by atoms with Gasteiger partial charge in [-0.1, -0.05) is 30.3 Å². The van der Waals surface area contributed by atoms with Crippen molar-refractivity contribution in [2.75, 3.05) is 26.3 Å². The van der Waals surface area contributed by atoms with Gasteiger partial charge in [0.1, 0.15) is 6.61 Å². The summed E-state index contributed by atoms with van der Waals surface area (Å²) in [5, 5.41) is 8.44. The van der Waals surface area contributed by atoms with E-state index in [0.29, 0.717) is 32.2 Å². The minimum absolute atomic E-state index is 0.214. The topological polar surface area (TPSA) is 62.6 Å². The molecule has 1 saturated heterocycles. The van der Waals surface area contributed by atoms with Gasteiger partial charge >= 0.3 is 6.09 Å². The number of hydrogen-bond acceptors (Lipinski definition) is 4. The maximum absolute atomic E-state index is 12.2. The van der Waals surface area contributed by atoms with Crippen LogP contribution in [0, 0.1) is 17.2 Å². The molecule has 1 aromatic rings. The first kappa shape index (κ1) is 18.3. The Morgan fingerprint density at radius 1 is 1.29 bits per heavy atom. The molecule has 1 aliphatic heterocycles. The van der Waals surface area contributed by atoms with Gasteiger partial charge in [0.25, 0.3) is 0 Å². The highest BCUT2D eigenvalue weighted by molar-refractivity contribution is 5.67. The van der Waals surface area contributed by atoms with Crippen molar-refractivity contribution in [3.05, 3.63) is 35.9 Å². The van der Waals surface area contributed by atoms with E-state index < -0.39 is 0 Å². The molecule has 1 amide bonds. The first-order chi connectivity index (χ1) is 11.8. The van der Waals surface area contributed by atoms with Gasteiger partial charge in [-0.15, -0.1) is 0 Å². The zero-order chi connectivity index (χ0) is 17.0. The highest BCUT2D eigenvalue weighted by atomic mass is 16.6. The third-order valence-electron chi connectivity index (χ3n) is 4.24. The van der Waals surface area contributed by atoms with Crippen LogP contribution in [0.15, 0.2) is 30.3 Å². The van der Waals surface area contributed by atoms with Gasteiger partial charge in [0.15, 0.2) is 0 Å². The van der Waals surface area contributed by atoms with Crippen LogP contribution in [0.2, 0.25) is 0 Å². The highest BCUT2D eigenvalue weighted by Gasteiger charge is 2.24. The van der Waals surface area contributed by atoms with Crippen LogP contribution in [0.4, 0.5) is 4.79 Å². The maximum atomic E-state index is 12.2. The Balaban J connectivity index is 1.64. The van der Waals surface area contributed by atoms with Gasteiger partial charge in [-0.25, -0.2) is 4.79 Å². The molecular weight excluding hydrogens is 304 g/mol. The second kappa shape index (κ2) is 10.7. The van der Waals surface area contributed by atoms with E-state index in [4.69, 9.17) is 14.7 Å². The lowest BCUT2D eigenvalue weighted by molar-refractivity contribution is 0.0749. The largest absolute Gasteiger partial charge is 0.445 e. The zero-order valence-corrected chi connectivity index (χ0v) is 14.2. The first-order valence-electron chi connectivity index (χ1n) is 8.70. The number of ether oxygens (including phenoxy) is 2. The molecule has 0 spiro atoms. The van der Waals surface area contributed by atoms with Crippen molar-refractivity contribution in [1.82, 2.24) is 4.90 Å². The molecule has 0 aliphatic carbocycles. The van der Waals surface area contributed by atoms with Crippen LogP contribution in [0.1, 0.15) is 37.7 Å². The van der Waals surface area contributed by atoms with Crippen molar-refractivity contribution in [3.8, 4) is 6.07 Å². The summed E-state index contributed by atoms with van der Waals surface area (Å²) in [5.41, 5.74) is 1.01. The number of carbonyl (C=O) groups is 1. The van der Waals surface area contributed by atoms with Gasteiger partial charge < -0.3 is 14.4 Å². The number of piperidine rings is 1. The Kier molecular flexibility index (Phi) is 8.12. The SMILES string of the molecule is N#CCCOCCCC1CCCN(C(=O)OCc2ccccc2)C1. The van der Waals surface area contributed by atoms with Crippen LogP contribution in [0.5, 0.6) is 0 Å². The van der Waals surface area contributed by atoms with Gasteiger partial charge in [0.05, 0.1) is 19.1 Å². The van der Waals surface area contributed by atoms with Gasteiger partial charge in [-0.2, -0.15) is 5.26 Å². The maximum Gasteiger partial charge on any atom is 0.410 e. The summed E-state index contributed by atoms with van der Waals surface area (Å²) in [6.45, 7) is 3.08. The molecule has 24 heavy (non-hydrogen) atoms. The molecule has 1 aromatic carbocycles. The van der Waals surface area contributed by atoms with Crippen LogP contribution in [-0.4, -0.2) is 37.3 Å². The highest BCUT2D eigenvalue weighted by Crippen LogP contribution is 2.21. The summed E-state index contributed by atoms with van der Waals surface area (Å²) in [4.78, 5) is 14.0. The van der Waals surface area contributed by atoms with Crippen molar-refractivity contribution in [2.24, 2.45) is 5.92 Å². The quantitative estimate of drug-likeness (QED) is 0.681. The van der Waals surface area contributed by atoms with Gasteiger partial charge in [-0.3, -0.25) is 0 Å². The average Bonchev–Trinajstić information content (AvgIpc) is 2.64. The van der Waals surface area contributed by atoms with Crippen molar-refractivity contribution in [1.29, 1.82) is 5.26 Å². The number of carbonyl (C=O) groups excluding carboxylic acids is 1. The number of amides is 1. The molecule has 5 nitrogen and oxygen atoms in total. The number of likely N-dealkylation sites (tertiary alicyclic amines) is 1. The Labute approximate surface area is 144 Å². The Bertz CT molecular complexity index is 527. The number of benzene rings is 1. The van der Waals surface area contributed by atoms with Crippen LogP contribution in [0.25, 0.3) is 0 Å². The van der Waals surface area contributed by atoms with Crippen LogP contribution >= 0.6 is 0 Å². The summed E-state index contributed by atoms with van der Waals surface area (Å²) < 4.78 is 10.8. The van der Waals surface area contributed by atoms with E-state index in [1.807, 2.05) is 35.2 Å². The lowest BCUT2D eigenvalue weighted by atomic mass is 9.94. The Morgan fingerprint density at radius 2 is 2.12 bits per heavy atom. The predicted octanol–water partition coefficient (Wildman–Crippen LogP) is 3.75. The van der Waals surface area contributed by atoms with Crippen molar-refractivity contribution < 1.29 is 14.3 Å². The summed E-state index contributed by atoms with van der Waals surface area (Å²) in [7, 11) is 0. The smallest absolute Gasteiger partial charge is 0.410 e. The monoisotopic (exact) mass is 330 g/mol. The van der Waals surface area contributed by atoms with Crippen LogP contribution in [0.3, 0.4) is 0 Å². The van der Waals surface area contributed by atoms with E-state index in [1.165, 1.54) is 0 Å². The minimum Gasteiger partial charge on any atom is -0.445 e. The average molecular weight is 330 g/mol. The molecule has 0 bridgehead atoms. The number of rotatable bonds is 8. The standard InChI is InChI=1S/C19H26N2O3/c20-11-6-14-23-13-5-10-17-9-4-12-21(15-17)19(22)24-16-18-7-2-1-3-8-18/h1-3,7-8,17H,4-6,9-10,12-16H2. The predicted molar refractivity (Wildman–Crippen MR) is 91.2 cm³/mol. The van der Waals surface area contributed by atoms with Crippen LogP contribution < -0.4 is 0 Å².